The van der Waals surface area contributed by atoms with Crippen LogP contribution in [0.15, 0.2) is 0 Å². The minimum atomic E-state index is -0.955. The van der Waals surface area contributed by atoms with E-state index in [1.165, 1.54) is 25.7 Å². The van der Waals surface area contributed by atoms with Gasteiger partial charge in [0.15, 0.2) is 0 Å². The van der Waals surface area contributed by atoms with Crippen LogP contribution in [0, 0.1) is 5.92 Å². The second-order valence-corrected chi connectivity index (χ2v) is 5.35. The maximum Gasteiger partial charge on any atom is 0.0849 e. The smallest absolute Gasteiger partial charge is 0.0849 e. The van der Waals surface area contributed by atoms with Crippen LogP contribution in [-0.4, -0.2) is 21.9 Å². The Balaban J connectivity index is 3.57. The molecule has 0 saturated heterocycles. The molecule has 0 aliphatic rings. The van der Waals surface area contributed by atoms with Crippen LogP contribution in [0.5, 0.6) is 0 Å². The maximum absolute atomic E-state index is 9.66. The summed E-state index contributed by atoms with van der Waals surface area (Å²) >= 11 is 0. The van der Waals surface area contributed by atoms with Crippen LogP contribution in [0.4, 0.5) is 0 Å². The summed E-state index contributed by atoms with van der Waals surface area (Å²) in [5, 5.41) is 19.2. The normalized spacial score (nSPS) is 16.4. The fraction of sp³-hybridized carbons (Fsp3) is 1.00. The van der Waals surface area contributed by atoms with Gasteiger partial charge < -0.3 is 10.2 Å². The van der Waals surface area contributed by atoms with E-state index in [2.05, 4.69) is 13.8 Å². The van der Waals surface area contributed by atoms with Gasteiger partial charge in [-0.1, -0.05) is 39.5 Å². The fourth-order valence-corrected chi connectivity index (χ4v) is 1.68. The third kappa shape index (κ3) is 7.80. The molecule has 0 heterocycles. The zero-order valence-electron chi connectivity index (χ0n) is 10.8. The van der Waals surface area contributed by atoms with Gasteiger partial charge in [-0.25, -0.2) is 0 Å². The molecule has 0 aromatic rings. The minimum absolute atomic E-state index is 0.592. The SMILES string of the molecule is CCCCCC(C)CCC(O)C(C)(C)O. The number of rotatable bonds is 8. The molecule has 0 aliphatic heterocycles. The second kappa shape index (κ2) is 7.24. The molecule has 92 valence electrons. The van der Waals surface area contributed by atoms with Gasteiger partial charge in [-0.2, -0.15) is 0 Å². The van der Waals surface area contributed by atoms with Gasteiger partial charge in [-0.15, -0.1) is 0 Å². The van der Waals surface area contributed by atoms with Crippen molar-refractivity contribution in [3.63, 3.8) is 0 Å². The number of aliphatic hydroxyl groups is 2. The fourth-order valence-electron chi connectivity index (χ4n) is 1.68. The lowest BCUT2D eigenvalue weighted by molar-refractivity contribution is -0.0535. The van der Waals surface area contributed by atoms with Crippen molar-refractivity contribution in [2.75, 3.05) is 0 Å². The van der Waals surface area contributed by atoms with E-state index >= 15 is 0 Å². The monoisotopic (exact) mass is 216 g/mol. The van der Waals surface area contributed by atoms with Gasteiger partial charge in [0.2, 0.25) is 0 Å². The van der Waals surface area contributed by atoms with Crippen molar-refractivity contribution in [2.24, 2.45) is 5.92 Å². The molecule has 2 N–H and O–H groups in total. The average molecular weight is 216 g/mol. The van der Waals surface area contributed by atoms with Gasteiger partial charge >= 0.3 is 0 Å². The molecule has 0 aromatic carbocycles. The molecule has 0 saturated carbocycles. The molecule has 0 aromatic heterocycles. The Morgan fingerprint density at radius 1 is 1.07 bits per heavy atom. The first kappa shape index (κ1) is 14.9. The Bertz CT molecular complexity index is 149. The van der Waals surface area contributed by atoms with Crippen LogP contribution in [0.1, 0.15) is 66.2 Å². The molecule has 15 heavy (non-hydrogen) atoms. The number of unbranched alkanes of at least 4 members (excludes halogenated alkanes) is 2. The molecule has 0 aliphatic carbocycles. The lowest BCUT2D eigenvalue weighted by Crippen LogP contribution is -2.35. The Hall–Kier alpha value is -0.0800. The first-order valence-electron chi connectivity index (χ1n) is 6.28. The maximum atomic E-state index is 9.66. The van der Waals surface area contributed by atoms with Crippen LogP contribution >= 0.6 is 0 Å². The first-order valence-corrected chi connectivity index (χ1v) is 6.28. The molecule has 0 amide bonds. The highest BCUT2D eigenvalue weighted by atomic mass is 16.3. The van der Waals surface area contributed by atoms with Gasteiger partial charge in [0.1, 0.15) is 0 Å². The highest BCUT2D eigenvalue weighted by Crippen LogP contribution is 2.20. The lowest BCUT2D eigenvalue weighted by atomic mass is 9.91. The quantitative estimate of drug-likeness (QED) is 0.612. The zero-order valence-corrected chi connectivity index (χ0v) is 10.8. The number of hydrogen-bond acceptors (Lipinski definition) is 2. The third-order valence-electron chi connectivity index (χ3n) is 3.05. The van der Waals surface area contributed by atoms with E-state index in [-0.39, 0.29) is 0 Å². The molecule has 0 fully saturated rings. The van der Waals surface area contributed by atoms with E-state index in [0.717, 1.165) is 6.42 Å². The molecular formula is C13H28O2. The molecule has 0 rings (SSSR count). The Morgan fingerprint density at radius 2 is 1.67 bits per heavy atom. The number of aliphatic hydroxyl groups excluding tert-OH is 1. The van der Waals surface area contributed by atoms with Crippen molar-refractivity contribution in [2.45, 2.75) is 77.9 Å². The number of hydrogen-bond donors (Lipinski definition) is 2. The van der Waals surface area contributed by atoms with E-state index < -0.39 is 11.7 Å². The van der Waals surface area contributed by atoms with E-state index in [1.807, 2.05) is 0 Å². The molecule has 0 radical (unpaired) electrons. The molecule has 2 nitrogen and oxygen atoms in total. The van der Waals surface area contributed by atoms with Gasteiger partial charge in [0.05, 0.1) is 11.7 Å². The van der Waals surface area contributed by atoms with Crippen molar-refractivity contribution in [3.8, 4) is 0 Å². The molecule has 0 spiro atoms. The largest absolute Gasteiger partial charge is 0.390 e. The first-order chi connectivity index (χ1) is 6.88. The van der Waals surface area contributed by atoms with Crippen molar-refractivity contribution in [1.29, 1.82) is 0 Å². The van der Waals surface area contributed by atoms with E-state index in [9.17, 15) is 10.2 Å². The highest BCUT2D eigenvalue weighted by Gasteiger charge is 2.24. The summed E-state index contributed by atoms with van der Waals surface area (Å²) in [6.45, 7) is 7.77. The van der Waals surface area contributed by atoms with E-state index in [4.69, 9.17) is 0 Å². The highest BCUT2D eigenvalue weighted by molar-refractivity contribution is 4.76. The summed E-state index contributed by atoms with van der Waals surface area (Å²) in [5.41, 5.74) is -0.955. The molecule has 2 heteroatoms. The predicted octanol–water partition coefficient (Wildman–Crippen LogP) is 3.11. The standard InChI is InChI=1S/C13H28O2/c1-5-6-7-8-11(2)9-10-12(14)13(3,4)15/h11-12,14-15H,5-10H2,1-4H3. The molecule has 2 atom stereocenters. The Morgan fingerprint density at radius 3 is 2.13 bits per heavy atom. The zero-order chi connectivity index (χ0) is 11.9. The summed E-state index contributed by atoms with van der Waals surface area (Å²) < 4.78 is 0. The molecular weight excluding hydrogens is 188 g/mol. The van der Waals surface area contributed by atoms with Crippen molar-refractivity contribution < 1.29 is 10.2 Å². The van der Waals surface area contributed by atoms with Gasteiger partial charge in [0, 0.05) is 0 Å². The summed E-state index contributed by atoms with van der Waals surface area (Å²) in [4.78, 5) is 0. The predicted molar refractivity (Wildman–Crippen MR) is 64.8 cm³/mol. The van der Waals surface area contributed by atoms with E-state index in [1.54, 1.807) is 13.8 Å². The molecule has 0 bridgehead atoms. The summed E-state index contributed by atoms with van der Waals surface area (Å²) in [7, 11) is 0. The second-order valence-electron chi connectivity index (χ2n) is 5.35. The topological polar surface area (TPSA) is 40.5 Å². The van der Waals surface area contributed by atoms with Gasteiger partial charge in [-0.3, -0.25) is 0 Å². The van der Waals surface area contributed by atoms with Crippen LogP contribution in [0.25, 0.3) is 0 Å². The average Bonchev–Trinajstić information content (AvgIpc) is 2.13. The molecule has 2 unspecified atom stereocenters. The van der Waals surface area contributed by atoms with Gasteiger partial charge in [-0.05, 0) is 32.6 Å². The van der Waals surface area contributed by atoms with Crippen LogP contribution in [-0.2, 0) is 0 Å². The lowest BCUT2D eigenvalue weighted by Gasteiger charge is -2.25. The van der Waals surface area contributed by atoms with Crippen molar-refractivity contribution >= 4 is 0 Å². The Kier molecular flexibility index (Phi) is 7.20. The van der Waals surface area contributed by atoms with Gasteiger partial charge in [0.25, 0.3) is 0 Å². The Labute approximate surface area is 94.7 Å². The van der Waals surface area contributed by atoms with E-state index in [0.29, 0.717) is 12.3 Å². The van der Waals surface area contributed by atoms with Crippen LogP contribution < -0.4 is 0 Å². The summed E-state index contributed by atoms with van der Waals surface area (Å²) in [6.07, 6.45) is 6.22. The third-order valence-corrected chi connectivity index (χ3v) is 3.05. The van der Waals surface area contributed by atoms with Crippen LogP contribution in [0.3, 0.4) is 0 Å². The van der Waals surface area contributed by atoms with Crippen molar-refractivity contribution in [1.82, 2.24) is 0 Å². The van der Waals surface area contributed by atoms with Crippen LogP contribution in [0.2, 0.25) is 0 Å². The summed E-state index contributed by atoms with van der Waals surface area (Å²) in [6, 6.07) is 0. The summed E-state index contributed by atoms with van der Waals surface area (Å²) in [5.74, 6) is 0.661. The van der Waals surface area contributed by atoms with Crippen molar-refractivity contribution in [3.05, 3.63) is 0 Å². The minimum Gasteiger partial charge on any atom is -0.390 e.